The molecule has 0 saturated carbocycles. The number of aromatic hydroxyl groups is 1. The van der Waals surface area contributed by atoms with Crippen LogP contribution in [0.2, 0.25) is 15.1 Å². The summed E-state index contributed by atoms with van der Waals surface area (Å²) >= 11 is 17.5. The van der Waals surface area contributed by atoms with E-state index in [9.17, 15) is 5.11 Å². The van der Waals surface area contributed by atoms with E-state index in [-0.39, 0.29) is 10.8 Å². The molecule has 14 heavy (non-hydrogen) atoms. The summed E-state index contributed by atoms with van der Waals surface area (Å²) in [7, 11) is 0. The van der Waals surface area contributed by atoms with Crippen molar-refractivity contribution >= 4 is 34.8 Å². The Balaban J connectivity index is 3.11. The molecule has 5 heteroatoms. The molecular formula is C9H10Cl3NO. The van der Waals surface area contributed by atoms with E-state index in [0.29, 0.717) is 22.2 Å². The third-order valence-corrected chi connectivity index (χ3v) is 2.91. The Morgan fingerprint density at radius 1 is 1.29 bits per heavy atom. The van der Waals surface area contributed by atoms with Crippen LogP contribution >= 0.6 is 34.8 Å². The number of hydrogen-bond donors (Lipinski definition) is 2. The minimum atomic E-state index is -0.0120. The van der Waals surface area contributed by atoms with Gasteiger partial charge in [-0.2, -0.15) is 0 Å². The van der Waals surface area contributed by atoms with Gasteiger partial charge in [0.25, 0.3) is 0 Å². The summed E-state index contributed by atoms with van der Waals surface area (Å²) in [5, 5.41) is 13.6. The van der Waals surface area contributed by atoms with Crippen molar-refractivity contribution in [2.24, 2.45) is 0 Å². The highest BCUT2D eigenvalue weighted by Crippen LogP contribution is 2.38. The first kappa shape index (κ1) is 11.9. The molecule has 0 amide bonds. The lowest BCUT2D eigenvalue weighted by atomic mass is 10.2. The van der Waals surface area contributed by atoms with E-state index in [2.05, 4.69) is 5.32 Å². The van der Waals surface area contributed by atoms with Crippen LogP contribution in [0.1, 0.15) is 12.5 Å². The van der Waals surface area contributed by atoms with Gasteiger partial charge in [0, 0.05) is 12.1 Å². The van der Waals surface area contributed by atoms with Crippen LogP contribution in [0.5, 0.6) is 5.75 Å². The highest BCUT2D eigenvalue weighted by molar-refractivity contribution is 6.44. The van der Waals surface area contributed by atoms with Gasteiger partial charge in [-0.25, -0.2) is 0 Å². The third kappa shape index (κ3) is 2.45. The third-order valence-electron chi connectivity index (χ3n) is 1.79. The number of hydrogen-bond acceptors (Lipinski definition) is 2. The highest BCUT2D eigenvalue weighted by atomic mass is 35.5. The average Bonchev–Trinajstić information content (AvgIpc) is 2.15. The number of benzene rings is 1. The molecule has 0 radical (unpaired) electrons. The van der Waals surface area contributed by atoms with Crippen molar-refractivity contribution in [1.29, 1.82) is 0 Å². The summed E-state index contributed by atoms with van der Waals surface area (Å²) in [6, 6.07) is 1.43. The Morgan fingerprint density at radius 3 is 2.50 bits per heavy atom. The van der Waals surface area contributed by atoms with Crippen molar-refractivity contribution in [3.63, 3.8) is 0 Å². The fourth-order valence-corrected chi connectivity index (χ4v) is 1.76. The molecule has 78 valence electrons. The van der Waals surface area contributed by atoms with Crippen LogP contribution in [0.3, 0.4) is 0 Å². The van der Waals surface area contributed by atoms with Gasteiger partial charge in [0.1, 0.15) is 5.75 Å². The predicted molar refractivity (Wildman–Crippen MR) is 60.5 cm³/mol. The topological polar surface area (TPSA) is 32.3 Å². The summed E-state index contributed by atoms with van der Waals surface area (Å²) < 4.78 is 0. The Morgan fingerprint density at radius 2 is 1.93 bits per heavy atom. The van der Waals surface area contributed by atoms with Crippen LogP contribution < -0.4 is 5.32 Å². The fraction of sp³-hybridized carbons (Fsp3) is 0.333. The minimum Gasteiger partial charge on any atom is -0.506 e. The van der Waals surface area contributed by atoms with Crippen LogP contribution in [-0.2, 0) is 6.54 Å². The number of rotatable bonds is 3. The van der Waals surface area contributed by atoms with Gasteiger partial charge < -0.3 is 10.4 Å². The largest absolute Gasteiger partial charge is 0.506 e. The Kier molecular flexibility index (Phi) is 4.32. The van der Waals surface area contributed by atoms with Crippen molar-refractivity contribution < 1.29 is 5.11 Å². The first-order valence-electron chi connectivity index (χ1n) is 4.14. The maximum absolute atomic E-state index is 9.61. The van der Waals surface area contributed by atoms with Crippen molar-refractivity contribution in [1.82, 2.24) is 5.32 Å². The molecule has 2 N–H and O–H groups in total. The molecule has 1 rings (SSSR count). The van der Waals surface area contributed by atoms with E-state index in [1.54, 1.807) is 0 Å². The molecule has 0 atom stereocenters. The van der Waals surface area contributed by atoms with Crippen LogP contribution in [0.15, 0.2) is 6.07 Å². The average molecular weight is 255 g/mol. The summed E-state index contributed by atoms with van der Waals surface area (Å²) in [4.78, 5) is 0. The zero-order chi connectivity index (χ0) is 10.7. The van der Waals surface area contributed by atoms with Crippen LogP contribution in [-0.4, -0.2) is 11.7 Å². The Bertz CT molecular complexity index is 315. The van der Waals surface area contributed by atoms with E-state index < -0.39 is 0 Å². The second kappa shape index (κ2) is 5.08. The lowest BCUT2D eigenvalue weighted by molar-refractivity contribution is 0.465. The lowest BCUT2D eigenvalue weighted by Gasteiger charge is -2.10. The molecular weight excluding hydrogens is 244 g/mol. The zero-order valence-electron chi connectivity index (χ0n) is 7.57. The van der Waals surface area contributed by atoms with Crippen molar-refractivity contribution in [3.8, 4) is 5.75 Å². The van der Waals surface area contributed by atoms with Crippen molar-refractivity contribution in [2.75, 3.05) is 6.54 Å². The molecule has 0 bridgehead atoms. The first-order valence-corrected chi connectivity index (χ1v) is 5.27. The van der Waals surface area contributed by atoms with Gasteiger partial charge in [-0.05, 0) is 12.6 Å². The maximum atomic E-state index is 9.61. The Labute approximate surface area is 97.8 Å². The van der Waals surface area contributed by atoms with Gasteiger partial charge in [0.15, 0.2) is 0 Å². The summed E-state index contributed by atoms with van der Waals surface area (Å²) in [6.07, 6.45) is 0. The molecule has 0 fully saturated rings. The predicted octanol–water partition coefficient (Wildman–Crippen LogP) is 3.46. The number of nitrogens with one attached hydrogen (secondary N) is 1. The normalized spacial score (nSPS) is 10.6. The number of phenolic OH excluding ortho intramolecular Hbond substituents is 1. The first-order chi connectivity index (χ1) is 6.57. The number of halogens is 3. The van der Waals surface area contributed by atoms with Gasteiger partial charge in [-0.3, -0.25) is 0 Å². The highest BCUT2D eigenvalue weighted by Gasteiger charge is 2.13. The molecule has 2 nitrogen and oxygen atoms in total. The van der Waals surface area contributed by atoms with E-state index >= 15 is 0 Å². The smallest absolute Gasteiger partial charge is 0.140 e. The molecule has 0 aliphatic carbocycles. The van der Waals surface area contributed by atoms with Gasteiger partial charge in [-0.1, -0.05) is 41.7 Å². The molecule has 1 aromatic carbocycles. The van der Waals surface area contributed by atoms with Crippen molar-refractivity contribution in [2.45, 2.75) is 13.5 Å². The Hall–Kier alpha value is -0.150. The van der Waals surface area contributed by atoms with Crippen LogP contribution in [0, 0.1) is 0 Å². The quantitative estimate of drug-likeness (QED) is 0.810. The van der Waals surface area contributed by atoms with E-state index in [0.717, 1.165) is 6.54 Å². The summed E-state index contributed by atoms with van der Waals surface area (Å²) in [5.74, 6) is -0.0120. The van der Waals surface area contributed by atoms with E-state index in [4.69, 9.17) is 34.8 Å². The maximum Gasteiger partial charge on any atom is 0.140 e. The van der Waals surface area contributed by atoms with Gasteiger partial charge in [0.05, 0.1) is 15.1 Å². The molecule has 0 aromatic heterocycles. The summed E-state index contributed by atoms with van der Waals surface area (Å²) in [5.41, 5.74) is 0.533. The molecule has 0 heterocycles. The lowest BCUT2D eigenvalue weighted by Crippen LogP contribution is -2.12. The number of phenols is 1. The molecule has 0 spiro atoms. The fourth-order valence-electron chi connectivity index (χ4n) is 1.05. The van der Waals surface area contributed by atoms with E-state index in [1.807, 2.05) is 6.92 Å². The zero-order valence-corrected chi connectivity index (χ0v) is 9.84. The standard InChI is InChI=1S/C9H10Cl3NO/c1-2-13-4-5-8(12)6(10)3-7(11)9(5)14/h3,13-14H,2,4H2,1H3. The second-order valence-electron chi connectivity index (χ2n) is 2.76. The van der Waals surface area contributed by atoms with Crippen LogP contribution in [0.25, 0.3) is 0 Å². The molecule has 1 aromatic rings. The second-order valence-corrected chi connectivity index (χ2v) is 3.95. The van der Waals surface area contributed by atoms with Crippen LogP contribution in [0.4, 0.5) is 0 Å². The van der Waals surface area contributed by atoms with E-state index in [1.165, 1.54) is 6.07 Å². The van der Waals surface area contributed by atoms with Crippen molar-refractivity contribution in [3.05, 3.63) is 26.7 Å². The minimum absolute atomic E-state index is 0.0120. The van der Waals surface area contributed by atoms with Gasteiger partial charge in [0.2, 0.25) is 0 Å². The monoisotopic (exact) mass is 253 g/mol. The van der Waals surface area contributed by atoms with Gasteiger partial charge in [-0.15, -0.1) is 0 Å². The molecule has 0 saturated heterocycles. The molecule has 0 unspecified atom stereocenters. The molecule has 0 aliphatic heterocycles. The molecule has 0 aliphatic rings. The SMILES string of the molecule is CCNCc1c(O)c(Cl)cc(Cl)c1Cl. The van der Waals surface area contributed by atoms with Gasteiger partial charge >= 0.3 is 0 Å². The summed E-state index contributed by atoms with van der Waals surface area (Å²) in [6.45, 7) is 3.18.